The molecule has 0 spiro atoms. The van der Waals surface area contributed by atoms with Crippen molar-refractivity contribution in [1.29, 1.82) is 0 Å². The maximum atomic E-state index is 9.24. The van der Waals surface area contributed by atoms with Gasteiger partial charge in [0.05, 0.1) is 0 Å². The van der Waals surface area contributed by atoms with E-state index in [1.54, 1.807) is 12.1 Å². The van der Waals surface area contributed by atoms with Crippen LogP contribution in [0.5, 0.6) is 5.75 Å². The number of phenols is 1. The standard InChI is InChI=1S/C21H36O.Ca.2H/c1-2-3-4-5-6-7-8-9-10-11-12-13-14-15-20-16-18-21(22)19-17-20;;;/h16-19,22H,2-15H2,1H3;;;. The van der Waals surface area contributed by atoms with Gasteiger partial charge in [-0.25, -0.2) is 0 Å². The van der Waals surface area contributed by atoms with Gasteiger partial charge in [-0.2, -0.15) is 0 Å². The van der Waals surface area contributed by atoms with Crippen LogP contribution < -0.4 is 0 Å². The van der Waals surface area contributed by atoms with Crippen molar-refractivity contribution in [3.8, 4) is 5.75 Å². The van der Waals surface area contributed by atoms with E-state index in [4.69, 9.17) is 0 Å². The summed E-state index contributed by atoms with van der Waals surface area (Å²) in [7, 11) is 0. The number of unbranched alkanes of at least 4 members (excludes halogenated alkanes) is 12. The molecule has 0 aliphatic carbocycles. The summed E-state index contributed by atoms with van der Waals surface area (Å²) >= 11 is 0. The van der Waals surface area contributed by atoms with Crippen molar-refractivity contribution in [2.24, 2.45) is 0 Å². The van der Waals surface area contributed by atoms with Gasteiger partial charge in [0.2, 0.25) is 0 Å². The molecule has 0 bridgehead atoms. The molecule has 2 heteroatoms. The molecular weight excluding hydrogens is 308 g/mol. The molecule has 0 aliphatic rings. The molecule has 1 N–H and O–H groups in total. The van der Waals surface area contributed by atoms with E-state index in [0.717, 1.165) is 6.42 Å². The monoisotopic (exact) mass is 346 g/mol. The summed E-state index contributed by atoms with van der Waals surface area (Å²) in [6.07, 6.45) is 19.4. The minimum absolute atomic E-state index is 0. The summed E-state index contributed by atoms with van der Waals surface area (Å²) in [6.45, 7) is 2.28. The topological polar surface area (TPSA) is 20.2 Å². The Balaban J connectivity index is 0.00000484. The minimum atomic E-state index is 0. The normalized spacial score (nSPS) is 10.5. The molecular formula is C21H38CaO. The van der Waals surface area contributed by atoms with E-state index < -0.39 is 0 Å². The summed E-state index contributed by atoms with van der Waals surface area (Å²) in [5.74, 6) is 0.370. The van der Waals surface area contributed by atoms with Gasteiger partial charge in [-0.3, -0.25) is 0 Å². The molecule has 0 aromatic heterocycles. The molecule has 0 radical (unpaired) electrons. The summed E-state index contributed by atoms with van der Waals surface area (Å²) in [6, 6.07) is 7.65. The third kappa shape index (κ3) is 14.3. The molecule has 1 nitrogen and oxygen atoms in total. The van der Waals surface area contributed by atoms with Gasteiger partial charge in [-0.1, -0.05) is 96.1 Å². The van der Waals surface area contributed by atoms with Crippen LogP contribution in [-0.4, -0.2) is 42.8 Å². The Morgan fingerprint density at radius 2 is 1.00 bits per heavy atom. The van der Waals surface area contributed by atoms with Crippen molar-refractivity contribution in [2.45, 2.75) is 96.8 Å². The molecule has 1 rings (SSSR count). The van der Waals surface area contributed by atoms with Gasteiger partial charge in [0.15, 0.2) is 0 Å². The van der Waals surface area contributed by atoms with Crippen molar-refractivity contribution >= 4 is 37.7 Å². The number of aryl methyl sites for hydroxylation is 1. The van der Waals surface area contributed by atoms with Gasteiger partial charge in [-0.15, -0.1) is 0 Å². The molecule has 0 saturated carbocycles. The fourth-order valence-electron chi connectivity index (χ4n) is 3.01. The first-order valence-corrected chi connectivity index (χ1v) is 9.61. The van der Waals surface area contributed by atoms with Crippen LogP contribution in [0.25, 0.3) is 0 Å². The van der Waals surface area contributed by atoms with Crippen LogP contribution in [0.15, 0.2) is 24.3 Å². The Morgan fingerprint density at radius 3 is 1.43 bits per heavy atom. The van der Waals surface area contributed by atoms with Gasteiger partial charge in [-0.05, 0) is 30.5 Å². The Hall–Kier alpha value is 0.280. The fraction of sp³-hybridized carbons (Fsp3) is 0.714. The first-order valence-electron chi connectivity index (χ1n) is 9.61. The Kier molecular flexibility index (Phi) is 17.3. The third-order valence-corrected chi connectivity index (χ3v) is 4.51. The molecule has 1 aromatic rings. The predicted molar refractivity (Wildman–Crippen MR) is 106 cm³/mol. The van der Waals surface area contributed by atoms with E-state index in [2.05, 4.69) is 6.92 Å². The zero-order chi connectivity index (χ0) is 15.9. The molecule has 0 heterocycles. The van der Waals surface area contributed by atoms with E-state index in [0.29, 0.717) is 5.75 Å². The van der Waals surface area contributed by atoms with Crippen molar-refractivity contribution in [3.63, 3.8) is 0 Å². The van der Waals surface area contributed by atoms with Crippen molar-refractivity contribution in [2.75, 3.05) is 0 Å². The summed E-state index contributed by atoms with van der Waals surface area (Å²) in [5.41, 5.74) is 1.35. The van der Waals surface area contributed by atoms with Gasteiger partial charge in [0.25, 0.3) is 0 Å². The summed E-state index contributed by atoms with van der Waals surface area (Å²) in [5, 5.41) is 9.24. The van der Waals surface area contributed by atoms with E-state index in [9.17, 15) is 5.11 Å². The number of aromatic hydroxyl groups is 1. The second kappa shape index (κ2) is 17.1. The van der Waals surface area contributed by atoms with Crippen molar-refractivity contribution in [3.05, 3.63) is 29.8 Å². The molecule has 0 aliphatic heterocycles. The van der Waals surface area contributed by atoms with Crippen LogP contribution in [0, 0.1) is 0 Å². The van der Waals surface area contributed by atoms with E-state index >= 15 is 0 Å². The van der Waals surface area contributed by atoms with Crippen LogP contribution in [0.1, 0.15) is 96.0 Å². The second-order valence-corrected chi connectivity index (χ2v) is 6.66. The average Bonchev–Trinajstić information content (AvgIpc) is 2.53. The number of phenolic OH excluding ortho intramolecular Hbond substituents is 1. The number of hydrogen-bond acceptors (Lipinski definition) is 1. The molecule has 0 atom stereocenters. The Morgan fingerprint density at radius 1 is 0.609 bits per heavy atom. The molecule has 0 amide bonds. The van der Waals surface area contributed by atoms with Crippen molar-refractivity contribution in [1.82, 2.24) is 0 Å². The van der Waals surface area contributed by atoms with E-state index in [1.165, 1.54) is 89.0 Å². The molecule has 0 saturated heterocycles. The Bertz CT molecular complexity index is 347. The summed E-state index contributed by atoms with van der Waals surface area (Å²) < 4.78 is 0. The maximum absolute atomic E-state index is 9.24. The van der Waals surface area contributed by atoms with Crippen LogP contribution in [0.3, 0.4) is 0 Å². The first-order chi connectivity index (χ1) is 10.8. The number of benzene rings is 1. The van der Waals surface area contributed by atoms with E-state index in [-0.39, 0.29) is 37.7 Å². The molecule has 23 heavy (non-hydrogen) atoms. The predicted octanol–water partition coefficient (Wildman–Crippen LogP) is 6.11. The second-order valence-electron chi connectivity index (χ2n) is 6.66. The van der Waals surface area contributed by atoms with Gasteiger partial charge in [0.1, 0.15) is 5.75 Å². The molecule has 130 valence electrons. The SMILES string of the molecule is CCCCCCCCCCCCCCCc1ccc(O)cc1.[CaH2]. The number of hydrogen-bond donors (Lipinski definition) is 1. The van der Waals surface area contributed by atoms with E-state index in [1.807, 2.05) is 12.1 Å². The molecule has 0 fully saturated rings. The van der Waals surface area contributed by atoms with Gasteiger partial charge < -0.3 is 5.11 Å². The quantitative estimate of drug-likeness (QED) is 0.318. The fourth-order valence-corrected chi connectivity index (χ4v) is 3.01. The zero-order valence-electron chi connectivity index (χ0n) is 14.7. The van der Waals surface area contributed by atoms with Crippen LogP contribution in [-0.2, 0) is 6.42 Å². The van der Waals surface area contributed by atoms with Crippen LogP contribution in [0.4, 0.5) is 0 Å². The molecule has 1 aromatic carbocycles. The summed E-state index contributed by atoms with van der Waals surface area (Å²) in [4.78, 5) is 0. The van der Waals surface area contributed by atoms with Crippen molar-refractivity contribution < 1.29 is 5.11 Å². The van der Waals surface area contributed by atoms with Gasteiger partial charge >= 0.3 is 37.7 Å². The van der Waals surface area contributed by atoms with Gasteiger partial charge in [0, 0.05) is 0 Å². The molecule has 0 unspecified atom stereocenters. The van der Waals surface area contributed by atoms with Crippen LogP contribution in [0.2, 0.25) is 0 Å². The van der Waals surface area contributed by atoms with Crippen LogP contribution >= 0.6 is 0 Å². The first kappa shape index (κ1) is 23.3. The zero-order valence-corrected chi connectivity index (χ0v) is 14.7. The average molecular weight is 347 g/mol. The number of rotatable bonds is 14. The Labute approximate surface area is 174 Å². The third-order valence-electron chi connectivity index (χ3n) is 4.51.